The quantitative estimate of drug-likeness (QED) is 0.688. The minimum Gasteiger partial charge on any atom is -0.495 e. The number of carbonyl (C=O) groups excluding carboxylic acids is 2. The van der Waals surface area contributed by atoms with Crippen LogP contribution in [0.4, 0.5) is 5.69 Å². The van der Waals surface area contributed by atoms with E-state index in [2.05, 4.69) is 5.32 Å². The van der Waals surface area contributed by atoms with E-state index in [0.717, 1.165) is 5.56 Å². The van der Waals surface area contributed by atoms with E-state index < -0.39 is 18.0 Å². The van der Waals surface area contributed by atoms with Crippen LogP contribution in [0.15, 0.2) is 36.4 Å². The number of amides is 1. The van der Waals surface area contributed by atoms with Crippen LogP contribution in [0.25, 0.3) is 0 Å². The van der Waals surface area contributed by atoms with Crippen molar-refractivity contribution in [2.75, 3.05) is 19.0 Å². The van der Waals surface area contributed by atoms with Crippen LogP contribution in [0.1, 0.15) is 12.5 Å². The highest BCUT2D eigenvalue weighted by molar-refractivity contribution is 6.32. The van der Waals surface area contributed by atoms with Gasteiger partial charge in [-0.15, -0.1) is 0 Å². The van der Waals surface area contributed by atoms with Crippen molar-refractivity contribution in [1.82, 2.24) is 0 Å². The molecular weight excluding hydrogens is 393 g/mol. The number of methoxy groups -OCH3 is 1. The lowest BCUT2D eigenvalue weighted by atomic mass is 10.2. The Morgan fingerprint density at radius 1 is 1.11 bits per heavy atom. The molecule has 2 rings (SSSR count). The summed E-state index contributed by atoms with van der Waals surface area (Å²) in [5, 5.41) is 3.42. The number of benzene rings is 2. The van der Waals surface area contributed by atoms with Crippen LogP contribution in [0.3, 0.4) is 0 Å². The average molecular weight is 412 g/mol. The highest BCUT2D eigenvalue weighted by Gasteiger charge is 2.20. The Morgan fingerprint density at radius 2 is 1.85 bits per heavy atom. The van der Waals surface area contributed by atoms with Crippen LogP contribution >= 0.6 is 23.2 Å². The fraction of sp³-hybridized carbons (Fsp3) is 0.263. The monoisotopic (exact) mass is 411 g/mol. The van der Waals surface area contributed by atoms with E-state index in [4.69, 9.17) is 37.4 Å². The summed E-state index contributed by atoms with van der Waals surface area (Å²) in [4.78, 5) is 24.2. The van der Waals surface area contributed by atoms with Gasteiger partial charge in [-0.1, -0.05) is 29.3 Å². The zero-order chi connectivity index (χ0) is 20.0. The summed E-state index contributed by atoms with van der Waals surface area (Å²) in [5.41, 5.74) is 1.31. The lowest BCUT2D eigenvalue weighted by Gasteiger charge is -2.16. The molecule has 0 spiro atoms. The molecule has 0 aromatic heterocycles. The highest BCUT2D eigenvalue weighted by Crippen LogP contribution is 2.28. The van der Waals surface area contributed by atoms with E-state index in [0.29, 0.717) is 27.2 Å². The molecule has 2 aromatic carbocycles. The summed E-state index contributed by atoms with van der Waals surface area (Å²) in [6.07, 6.45) is -1.04. The average Bonchev–Trinajstić information content (AvgIpc) is 2.62. The van der Waals surface area contributed by atoms with Gasteiger partial charge < -0.3 is 19.5 Å². The maximum atomic E-state index is 12.3. The lowest BCUT2D eigenvalue weighted by molar-refractivity contribution is -0.155. The summed E-state index contributed by atoms with van der Waals surface area (Å²) < 4.78 is 15.6. The maximum Gasteiger partial charge on any atom is 0.344 e. The molecule has 0 unspecified atom stereocenters. The Balaban J connectivity index is 1.91. The summed E-state index contributed by atoms with van der Waals surface area (Å²) in [6, 6.07) is 9.99. The minimum absolute atomic E-state index is 0.370. The number of aryl methyl sites for hydroxylation is 1. The van der Waals surface area contributed by atoms with Gasteiger partial charge >= 0.3 is 5.97 Å². The Labute approximate surface area is 167 Å². The van der Waals surface area contributed by atoms with Gasteiger partial charge in [0.25, 0.3) is 5.91 Å². The van der Waals surface area contributed by atoms with Crippen LogP contribution in [0.2, 0.25) is 10.0 Å². The molecule has 0 heterocycles. The second kappa shape index (κ2) is 9.48. The molecule has 144 valence electrons. The summed E-state index contributed by atoms with van der Waals surface area (Å²) in [7, 11) is 1.47. The number of hydrogen-bond acceptors (Lipinski definition) is 5. The summed E-state index contributed by atoms with van der Waals surface area (Å²) >= 11 is 11.9. The molecule has 0 bridgehead atoms. The van der Waals surface area contributed by atoms with Gasteiger partial charge in [0.2, 0.25) is 0 Å². The first-order chi connectivity index (χ1) is 12.8. The van der Waals surface area contributed by atoms with Crippen molar-refractivity contribution in [2.45, 2.75) is 20.0 Å². The van der Waals surface area contributed by atoms with Crippen molar-refractivity contribution < 1.29 is 23.8 Å². The van der Waals surface area contributed by atoms with E-state index in [1.165, 1.54) is 20.1 Å². The number of carbonyl (C=O) groups is 2. The normalized spacial score (nSPS) is 11.4. The Hall–Kier alpha value is -2.44. The molecule has 0 saturated heterocycles. The Kier molecular flexibility index (Phi) is 7.33. The molecule has 0 saturated carbocycles. The largest absolute Gasteiger partial charge is 0.495 e. The number of ether oxygens (including phenoxy) is 3. The Bertz CT molecular complexity index is 841. The molecule has 6 nitrogen and oxygen atoms in total. The van der Waals surface area contributed by atoms with Gasteiger partial charge in [-0.2, -0.15) is 0 Å². The number of halogens is 2. The number of rotatable bonds is 7. The van der Waals surface area contributed by atoms with Crippen LogP contribution in [0.5, 0.6) is 11.5 Å². The number of hydrogen-bond donors (Lipinski definition) is 1. The van der Waals surface area contributed by atoms with Gasteiger partial charge in [0.05, 0.1) is 17.8 Å². The van der Waals surface area contributed by atoms with Crippen molar-refractivity contribution in [2.24, 2.45) is 0 Å². The van der Waals surface area contributed by atoms with Gasteiger partial charge in [0, 0.05) is 5.02 Å². The fourth-order valence-corrected chi connectivity index (χ4v) is 2.50. The SMILES string of the molecule is COc1ccc(Cl)cc1NC(=O)[C@@H](C)OC(=O)COc1cc(C)ccc1Cl. The van der Waals surface area contributed by atoms with E-state index in [1.807, 2.05) is 13.0 Å². The standard InChI is InChI=1S/C19H19Cl2NO5/c1-11-4-6-14(21)17(8-11)26-10-18(23)27-12(2)19(24)22-15-9-13(20)5-7-16(15)25-3/h4-9,12H,10H2,1-3H3,(H,22,24)/t12-/m1/s1. The van der Waals surface area contributed by atoms with Crippen molar-refractivity contribution in [1.29, 1.82) is 0 Å². The first kappa shape index (κ1) is 20.9. The summed E-state index contributed by atoms with van der Waals surface area (Å²) in [6.45, 7) is 2.95. The molecule has 1 atom stereocenters. The van der Waals surface area contributed by atoms with E-state index in [9.17, 15) is 9.59 Å². The van der Waals surface area contributed by atoms with Gasteiger partial charge in [0.15, 0.2) is 12.7 Å². The van der Waals surface area contributed by atoms with Gasteiger partial charge in [-0.05, 0) is 49.7 Å². The van der Waals surface area contributed by atoms with E-state index in [-0.39, 0.29) is 6.61 Å². The molecule has 1 amide bonds. The van der Waals surface area contributed by atoms with Crippen LogP contribution in [-0.2, 0) is 14.3 Å². The molecule has 0 aliphatic heterocycles. The molecule has 0 radical (unpaired) electrons. The minimum atomic E-state index is -1.04. The van der Waals surface area contributed by atoms with Crippen molar-refractivity contribution >= 4 is 40.8 Å². The number of nitrogens with one attached hydrogen (secondary N) is 1. The predicted octanol–water partition coefficient (Wildman–Crippen LogP) is 4.26. The number of esters is 1. The fourth-order valence-electron chi connectivity index (χ4n) is 2.15. The van der Waals surface area contributed by atoms with Crippen LogP contribution in [0, 0.1) is 6.92 Å². The van der Waals surface area contributed by atoms with Gasteiger partial charge in [-0.3, -0.25) is 4.79 Å². The van der Waals surface area contributed by atoms with Crippen molar-refractivity contribution in [3.63, 3.8) is 0 Å². The topological polar surface area (TPSA) is 73.9 Å². The van der Waals surface area contributed by atoms with E-state index >= 15 is 0 Å². The second-order valence-corrected chi connectivity index (χ2v) is 6.53. The molecular formula is C19H19Cl2NO5. The third-order valence-electron chi connectivity index (χ3n) is 3.53. The van der Waals surface area contributed by atoms with Crippen LogP contribution < -0.4 is 14.8 Å². The molecule has 0 fully saturated rings. The lowest BCUT2D eigenvalue weighted by Crippen LogP contribution is -2.31. The zero-order valence-corrected chi connectivity index (χ0v) is 16.6. The first-order valence-corrected chi connectivity index (χ1v) is 8.78. The zero-order valence-electron chi connectivity index (χ0n) is 15.0. The van der Waals surface area contributed by atoms with E-state index in [1.54, 1.807) is 24.3 Å². The van der Waals surface area contributed by atoms with Gasteiger partial charge in [0.1, 0.15) is 11.5 Å². The predicted molar refractivity (Wildman–Crippen MR) is 104 cm³/mol. The van der Waals surface area contributed by atoms with Crippen molar-refractivity contribution in [3.8, 4) is 11.5 Å². The summed E-state index contributed by atoms with van der Waals surface area (Å²) in [5.74, 6) is -0.427. The third-order valence-corrected chi connectivity index (χ3v) is 4.08. The molecule has 0 aliphatic rings. The molecule has 2 aromatic rings. The molecule has 0 aliphatic carbocycles. The van der Waals surface area contributed by atoms with Gasteiger partial charge in [-0.25, -0.2) is 4.79 Å². The van der Waals surface area contributed by atoms with Crippen LogP contribution in [-0.4, -0.2) is 31.7 Å². The smallest absolute Gasteiger partial charge is 0.344 e. The molecule has 8 heteroatoms. The molecule has 1 N–H and O–H groups in total. The maximum absolute atomic E-state index is 12.3. The first-order valence-electron chi connectivity index (χ1n) is 8.03. The third kappa shape index (κ3) is 6.05. The number of anilines is 1. The highest BCUT2D eigenvalue weighted by atomic mass is 35.5. The second-order valence-electron chi connectivity index (χ2n) is 5.69. The molecule has 27 heavy (non-hydrogen) atoms. The Morgan fingerprint density at radius 3 is 2.56 bits per heavy atom. The van der Waals surface area contributed by atoms with Crippen molar-refractivity contribution in [3.05, 3.63) is 52.0 Å².